The molecule has 0 spiro atoms. The molecule has 4 aliphatic rings. The summed E-state index contributed by atoms with van der Waals surface area (Å²) in [5, 5.41) is 2.97. The highest BCUT2D eigenvalue weighted by molar-refractivity contribution is 7.59. The molecule has 3 aliphatic heterocycles. The Hall–Kier alpha value is -1.12. The van der Waals surface area contributed by atoms with Crippen molar-refractivity contribution in [3.05, 3.63) is 29.8 Å². The zero-order valence-electron chi connectivity index (χ0n) is 22.3. The van der Waals surface area contributed by atoms with Crippen molar-refractivity contribution in [1.29, 1.82) is 0 Å². The molecule has 4 fully saturated rings. The number of Topliss-reactive ketones (excluding diaryl/α,β-unsaturated/α-hetero) is 1. The maximum Gasteiger partial charge on any atom is 0.251 e. The Morgan fingerprint density at radius 3 is 2.21 bits per heavy atom. The number of hydrogen-bond donors (Lipinski definition) is 1. The minimum atomic E-state index is -1.39. The zero-order valence-corrected chi connectivity index (χ0v) is 26.3. The monoisotopic (exact) mass is 622 g/mol. The lowest BCUT2D eigenvalue weighted by Gasteiger charge is -2.34. The van der Waals surface area contributed by atoms with Crippen molar-refractivity contribution < 1.29 is 23.5 Å². The summed E-state index contributed by atoms with van der Waals surface area (Å²) < 4.78 is 19.9. The first kappa shape index (κ1) is 35.9. The van der Waals surface area contributed by atoms with Gasteiger partial charge in [-0.3, -0.25) is 14.4 Å². The van der Waals surface area contributed by atoms with E-state index in [1.54, 1.807) is 12.1 Å². The Morgan fingerprint density at radius 1 is 0.974 bits per heavy atom. The van der Waals surface area contributed by atoms with E-state index in [1.165, 1.54) is 4.90 Å². The van der Waals surface area contributed by atoms with Crippen molar-refractivity contribution in [3.63, 3.8) is 0 Å². The van der Waals surface area contributed by atoms with Gasteiger partial charge in [0.05, 0.1) is 6.54 Å². The number of nitrogens with zero attached hydrogens (tertiary/aromatic N) is 3. The Balaban J connectivity index is 0.00000190. The fourth-order valence-corrected chi connectivity index (χ4v) is 5.96. The van der Waals surface area contributed by atoms with E-state index < -0.39 is 24.4 Å². The third-order valence-corrected chi connectivity index (χ3v) is 8.08. The van der Waals surface area contributed by atoms with Crippen molar-refractivity contribution in [2.75, 3.05) is 51.3 Å². The third-order valence-electron chi connectivity index (χ3n) is 8.08. The number of ether oxygens (including phenoxy) is 1. The minimum absolute atomic E-state index is 0. The van der Waals surface area contributed by atoms with E-state index in [0.717, 1.165) is 64.0 Å². The molecule has 0 bridgehead atoms. The molecule has 0 unspecified atom stereocenters. The van der Waals surface area contributed by atoms with Gasteiger partial charge in [0.1, 0.15) is 31.0 Å². The second-order valence-corrected chi connectivity index (χ2v) is 10.4. The first-order valence-corrected chi connectivity index (χ1v) is 12.9. The summed E-state index contributed by atoms with van der Waals surface area (Å²) in [6.45, 7) is 3.54. The number of rotatable bonds is 5. The van der Waals surface area contributed by atoms with E-state index in [0.29, 0.717) is 5.56 Å². The molecule has 3 saturated heterocycles. The maximum absolute atomic E-state index is 14.5. The highest BCUT2D eigenvalue weighted by Crippen LogP contribution is 2.33. The molecular weight excluding hydrogens is 580 g/mol. The summed E-state index contributed by atoms with van der Waals surface area (Å²) in [6.07, 6.45) is 2.45. The normalized spacial score (nSPS) is 25.8. The first-order valence-electron chi connectivity index (χ1n) is 12.9. The molecule has 3 heterocycles. The number of likely N-dealkylation sites (N-methyl/N-ethyl adjacent to an activating group) is 1. The number of halogens is 1. The van der Waals surface area contributed by atoms with Crippen molar-refractivity contribution >= 4 is 77.3 Å². The smallest absolute Gasteiger partial charge is 0.251 e. The van der Waals surface area contributed by atoms with E-state index in [2.05, 4.69) is 22.2 Å². The number of amides is 2. The Bertz CT molecular complexity index is 962. The van der Waals surface area contributed by atoms with Crippen LogP contribution in [0.1, 0.15) is 42.5 Å². The molecule has 1 N–H and O–H groups in total. The number of hydrogen-bond acceptors (Lipinski definition) is 6. The molecule has 39 heavy (non-hydrogen) atoms. The van der Waals surface area contributed by atoms with E-state index >= 15 is 0 Å². The molecule has 0 aromatic heterocycles. The van der Waals surface area contributed by atoms with Gasteiger partial charge in [0.25, 0.3) is 5.91 Å². The summed E-state index contributed by atoms with van der Waals surface area (Å²) in [5.74, 6) is -0.982. The van der Waals surface area contributed by atoms with Crippen LogP contribution in [0.3, 0.4) is 0 Å². The number of anilines is 1. The summed E-state index contributed by atoms with van der Waals surface area (Å²) in [7, 11) is 2.11. The fourth-order valence-electron chi connectivity index (χ4n) is 5.96. The van der Waals surface area contributed by atoms with Gasteiger partial charge in [-0.05, 0) is 50.1 Å². The first-order chi connectivity index (χ1) is 16.9. The number of ketones is 1. The molecule has 2 amide bonds. The molecular formula is C26H43FN4O4S4. The van der Waals surface area contributed by atoms with Crippen LogP contribution < -0.4 is 10.2 Å². The van der Waals surface area contributed by atoms with Crippen molar-refractivity contribution in [1.82, 2.24) is 15.1 Å². The second-order valence-electron chi connectivity index (χ2n) is 10.4. The average Bonchev–Trinajstić information content (AvgIpc) is 3.43. The van der Waals surface area contributed by atoms with Crippen LogP contribution in [0.25, 0.3) is 0 Å². The molecule has 8 nitrogen and oxygen atoms in total. The maximum atomic E-state index is 14.5. The predicted octanol–water partition coefficient (Wildman–Crippen LogP) is 2.09. The summed E-state index contributed by atoms with van der Waals surface area (Å²) in [5.41, 5.74) is 1.56. The van der Waals surface area contributed by atoms with Crippen LogP contribution in [0.15, 0.2) is 24.3 Å². The third kappa shape index (κ3) is 7.79. The van der Waals surface area contributed by atoms with Gasteiger partial charge < -0.3 is 24.8 Å². The second kappa shape index (κ2) is 15.8. The number of nitrogens with one attached hydrogen (secondary N) is 1. The van der Waals surface area contributed by atoms with Crippen LogP contribution in [0.4, 0.5) is 10.1 Å². The number of carbonyl (C=O) groups excluding carboxylic acids is 3. The average molecular weight is 623 g/mol. The van der Waals surface area contributed by atoms with Gasteiger partial charge >= 0.3 is 0 Å². The molecule has 4 atom stereocenters. The summed E-state index contributed by atoms with van der Waals surface area (Å²) >= 11 is 0. The SMILES string of the molecule is CN1CCN(c2ccc(C(=O)N[C@H](C(=O)N3C[C@@H](F)[C@H]4OCC(=O)[C@H]43)C3CCCCC3)cc2)CC1.S.S.S.S. The van der Waals surface area contributed by atoms with Gasteiger partial charge in [-0.1, -0.05) is 19.3 Å². The molecule has 5 rings (SSSR count). The van der Waals surface area contributed by atoms with Crippen LogP contribution in [0, 0.1) is 5.92 Å². The van der Waals surface area contributed by atoms with E-state index in [9.17, 15) is 18.8 Å². The Labute approximate surface area is 258 Å². The van der Waals surface area contributed by atoms with Crippen LogP contribution in [0.5, 0.6) is 0 Å². The zero-order chi connectivity index (χ0) is 24.5. The number of piperazine rings is 1. The standard InChI is InChI=1S/C26H35FN4O4.4H2S/c1-29-11-13-30(14-12-29)19-9-7-18(8-10-19)25(33)28-22(17-5-3-2-4-6-17)26(34)31-15-20(27)24-23(31)21(32)16-35-24;;;;/h7-10,17,20,22-24H,2-6,11-16H2,1H3,(H,28,33);4*1H2/t20-,22+,23-,24-;;;;/m1..../s1. The summed E-state index contributed by atoms with van der Waals surface area (Å²) in [4.78, 5) is 45.2. The molecule has 1 saturated carbocycles. The quantitative estimate of drug-likeness (QED) is 0.542. The van der Waals surface area contributed by atoms with Gasteiger partial charge in [-0.2, -0.15) is 54.0 Å². The lowest BCUT2D eigenvalue weighted by Crippen LogP contribution is -2.55. The Morgan fingerprint density at radius 2 is 1.59 bits per heavy atom. The van der Waals surface area contributed by atoms with Gasteiger partial charge in [-0.25, -0.2) is 4.39 Å². The van der Waals surface area contributed by atoms with Crippen LogP contribution in [-0.4, -0.2) is 98.1 Å². The van der Waals surface area contributed by atoms with Crippen molar-refractivity contribution in [2.45, 2.75) is 56.5 Å². The highest BCUT2D eigenvalue weighted by Gasteiger charge is 2.54. The topological polar surface area (TPSA) is 82.2 Å². The number of likely N-dealkylation sites (tertiary alicyclic amines) is 1. The number of alkyl halides is 1. The summed E-state index contributed by atoms with van der Waals surface area (Å²) in [6, 6.07) is 5.82. The van der Waals surface area contributed by atoms with Gasteiger partial charge in [0.2, 0.25) is 5.91 Å². The van der Waals surface area contributed by atoms with Crippen LogP contribution in [0.2, 0.25) is 0 Å². The lowest BCUT2D eigenvalue weighted by atomic mass is 9.83. The number of benzene rings is 1. The molecule has 1 aromatic carbocycles. The van der Waals surface area contributed by atoms with E-state index in [1.807, 2.05) is 12.1 Å². The number of carbonyl (C=O) groups is 3. The highest BCUT2D eigenvalue weighted by atomic mass is 32.1. The van der Waals surface area contributed by atoms with Crippen LogP contribution in [-0.2, 0) is 14.3 Å². The largest absolute Gasteiger partial charge is 0.369 e. The predicted molar refractivity (Wildman–Crippen MR) is 171 cm³/mol. The van der Waals surface area contributed by atoms with Crippen molar-refractivity contribution in [2.24, 2.45) is 5.92 Å². The van der Waals surface area contributed by atoms with Gasteiger partial charge in [0, 0.05) is 37.4 Å². The van der Waals surface area contributed by atoms with Gasteiger partial charge in [0.15, 0.2) is 5.78 Å². The van der Waals surface area contributed by atoms with Crippen molar-refractivity contribution in [3.8, 4) is 0 Å². The molecule has 1 aromatic rings. The molecule has 222 valence electrons. The minimum Gasteiger partial charge on any atom is -0.369 e. The molecule has 1 aliphatic carbocycles. The van der Waals surface area contributed by atoms with Crippen LogP contribution >= 0.6 is 54.0 Å². The lowest BCUT2D eigenvalue weighted by molar-refractivity contribution is -0.139. The van der Waals surface area contributed by atoms with E-state index in [4.69, 9.17) is 4.74 Å². The molecule has 13 heteroatoms. The molecule has 0 radical (unpaired) electrons. The van der Waals surface area contributed by atoms with E-state index in [-0.39, 0.29) is 90.6 Å². The number of fused-ring (bicyclic) bond motifs is 1. The fraction of sp³-hybridized carbons (Fsp3) is 0.654. The Kier molecular flexibility index (Phi) is 14.5. The van der Waals surface area contributed by atoms with Gasteiger partial charge in [-0.15, -0.1) is 0 Å².